The van der Waals surface area contributed by atoms with Gasteiger partial charge in [-0.2, -0.15) is 57.1 Å². The molecule has 0 saturated heterocycles. The maximum atomic E-state index is 14.2. The summed E-state index contributed by atoms with van der Waals surface area (Å²) in [6.07, 6.45) is -11.4. The molecule has 0 radical (unpaired) electrons. The lowest BCUT2D eigenvalue weighted by molar-refractivity contribution is -0.422. The number of alkyl halides is 13. The van der Waals surface area contributed by atoms with Crippen molar-refractivity contribution in [2.45, 2.75) is 88.3 Å². The summed E-state index contributed by atoms with van der Waals surface area (Å²) in [7, 11) is 0. The Bertz CT molecular complexity index is 520. The fourth-order valence-corrected chi connectivity index (χ4v) is 2.36. The maximum Gasteiger partial charge on any atom is 0.392 e. The minimum Gasteiger partial charge on any atom is -0.239 e. The van der Waals surface area contributed by atoms with Gasteiger partial charge in [0, 0.05) is 25.9 Å². The predicted octanol–water partition coefficient (Wildman–Crippen LogP) is 7.37. The van der Waals surface area contributed by atoms with E-state index in [1.54, 1.807) is 0 Å². The van der Waals surface area contributed by atoms with Crippen LogP contribution in [-0.2, 0) is 0 Å². The van der Waals surface area contributed by atoms with Gasteiger partial charge in [-0.25, -0.2) is 4.90 Å². The minimum atomic E-state index is -7.37. The molecule has 14 heteroatoms. The van der Waals surface area contributed by atoms with Gasteiger partial charge in [0.2, 0.25) is 0 Å². The molecule has 0 fully saturated rings. The Labute approximate surface area is 164 Å². The van der Waals surface area contributed by atoms with Crippen LogP contribution in [0.25, 0.3) is 0 Å². The van der Waals surface area contributed by atoms with Crippen molar-refractivity contribution in [2.75, 3.05) is 13.1 Å². The van der Waals surface area contributed by atoms with E-state index in [0.717, 1.165) is 0 Å². The normalized spacial score (nSPS) is 15.2. The molecule has 0 spiro atoms. The molecule has 0 aromatic heterocycles. The van der Waals surface area contributed by atoms with E-state index in [2.05, 4.69) is 0 Å². The molecule has 0 aliphatic carbocycles. The van der Waals surface area contributed by atoms with Gasteiger partial charge in [-0.15, -0.1) is 0 Å². The Hall–Kier alpha value is -0.950. The van der Waals surface area contributed by atoms with E-state index in [1.807, 2.05) is 0 Å². The second kappa shape index (κ2) is 9.68. The summed E-state index contributed by atoms with van der Waals surface area (Å²) in [6, 6.07) is -5.98. The third kappa shape index (κ3) is 5.84. The lowest BCUT2D eigenvalue weighted by atomic mass is 9.93. The molecule has 0 unspecified atom stereocenters. The largest absolute Gasteiger partial charge is 0.392 e. The van der Waals surface area contributed by atoms with Crippen LogP contribution in [0.4, 0.5) is 57.1 Å². The summed E-state index contributed by atoms with van der Waals surface area (Å²) in [6.45, 7) is 1.01. The smallest absolute Gasteiger partial charge is 0.239 e. The standard InChI is InChI=1S/C16H22F13N/c1-3-5-9-30(10-6-4-2)16(28,29)15(26,27)14(24,25)13(22,23)11(17,18)7-8-12(19,20)21/h3-10H2,1-2H3. The van der Waals surface area contributed by atoms with Crippen LogP contribution >= 0.6 is 0 Å². The van der Waals surface area contributed by atoms with Gasteiger partial charge in [-0.3, -0.25) is 0 Å². The molecule has 0 aromatic carbocycles. The molecular weight excluding hydrogens is 453 g/mol. The molecule has 0 rings (SSSR count). The van der Waals surface area contributed by atoms with Crippen molar-refractivity contribution < 1.29 is 57.1 Å². The second-order valence-corrected chi connectivity index (χ2v) is 6.78. The first-order chi connectivity index (χ1) is 13.2. The molecule has 182 valence electrons. The molecule has 0 atom stereocenters. The molecule has 0 heterocycles. The number of hydrogen-bond acceptors (Lipinski definition) is 1. The maximum absolute atomic E-state index is 14.2. The SMILES string of the molecule is CCCCN(CCCC)C(F)(F)C(F)(F)C(F)(F)C(F)(F)C(F)(F)CCC(F)(F)F. The summed E-state index contributed by atoms with van der Waals surface area (Å²) < 4.78 is 174. The molecule has 0 bridgehead atoms. The van der Waals surface area contributed by atoms with Crippen LogP contribution in [0.1, 0.15) is 52.4 Å². The van der Waals surface area contributed by atoms with E-state index in [-0.39, 0.29) is 25.7 Å². The van der Waals surface area contributed by atoms with E-state index in [1.165, 1.54) is 13.8 Å². The Kier molecular flexibility index (Phi) is 9.37. The zero-order valence-electron chi connectivity index (χ0n) is 16.0. The average molecular weight is 475 g/mol. The third-order valence-corrected chi connectivity index (χ3v) is 4.31. The summed E-state index contributed by atoms with van der Waals surface area (Å²) in [4.78, 5) is -0.502. The quantitative estimate of drug-likeness (QED) is 0.199. The average Bonchev–Trinajstić information content (AvgIpc) is 2.58. The molecular formula is C16H22F13N. The van der Waals surface area contributed by atoms with Crippen LogP contribution in [0.3, 0.4) is 0 Å². The predicted molar refractivity (Wildman–Crippen MR) is 81.4 cm³/mol. The van der Waals surface area contributed by atoms with Gasteiger partial charge in [-0.1, -0.05) is 26.7 Å². The highest BCUT2D eigenvalue weighted by atomic mass is 19.4. The summed E-state index contributed by atoms with van der Waals surface area (Å²) in [5.41, 5.74) is 0. The molecule has 0 amide bonds. The summed E-state index contributed by atoms with van der Waals surface area (Å²) in [5, 5.41) is 0. The highest BCUT2D eigenvalue weighted by Crippen LogP contribution is 2.58. The molecule has 0 aliphatic heterocycles. The van der Waals surface area contributed by atoms with Crippen LogP contribution in [0.2, 0.25) is 0 Å². The fourth-order valence-electron chi connectivity index (χ4n) is 2.36. The lowest BCUT2D eigenvalue weighted by Gasteiger charge is -2.43. The van der Waals surface area contributed by atoms with Gasteiger partial charge in [0.1, 0.15) is 0 Å². The van der Waals surface area contributed by atoms with Crippen molar-refractivity contribution >= 4 is 0 Å². The van der Waals surface area contributed by atoms with Gasteiger partial charge >= 0.3 is 35.9 Å². The fraction of sp³-hybridized carbons (Fsp3) is 1.00. The summed E-state index contributed by atoms with van der Waals surface area (Å²) in [5.74, 6) is -27.9. The number of nitrogens with zero attached hydrogens (tertiary/aromatic N) is 1. The van der Waals surface area contributed by atoms with E-state index in [9.17, 15) is 57.1 Å². The molecule has 0 saturated carbocycles. The lowest BCUT2D eigenvalue weighted by Crippen LogP contribution is -2.70. The van der Waals surface area contributed by atoms with Crippen LogP contribution in [0.5, 0.6) is 0 Å². The molecule has 0 aromatic rings. The molecule has 0 N–H and O–H groups in total. The van der Waals surface area contributed by atoms with E-state index in [4.69, 9.17) is 0 Å². The first kappa shape index (κ1) is 29.1. The molecule has 30 heavy (non-hydrogen) atoms. The van der Waals surface area contributed by atoms with Crippen LogP contribution in [0, 0.1) is 0 Å². The second-order valence-electron chi connectivity index (χ2n) is 6.78. The van der Waals surface area contributed by atoms with Crippen molar-refractivity contribution in [1.29, 1.82) is 0 Å². The number of hydrogen-bond donors (Lipinski definition) is 0. The van der Waals surface area contributed by atoms with Crippen molar-refractivity contribution in [3.05, 3.63) is 0 Å². The molecule has 1 nitrogen and oxygen atoms in total. The first-order valence-corrected chi connectivity index (χ1v) is 8.93. The van der Waals surface area contributed by atoms with Gasteiger partial charge in [0.15, 0.2) is 0 Å². The monoisotopic (exact) mass is 475 g/mol. The highest BCUT2D eigenvalue weighted by molar-refractivity contribution is 5.08. The van der Waals surface area contributed by atoms with Gasteiger partial charge in [-0.05, 0) is 12.8 Å². The van der Waals surface area contributed by atoms with Crippen molar-refractivity contribution in [2.24, 2.45) is 0 Å². The number of rotatable bonds is 13. The van der Waals surface area contributed by atoms with Gasteiger partial charge in [0.25, 0.3) is 0 Å². The van der Waals surface area contributed by atoms with Crippen molar-refractivity contribution in [1.82, 2.24) is 4.90 Å². The summed E-state index contributed by atoms with van der Waals surface area (Å²) >= 11 is 0. The van der Waals surface area contributed by atoms with Gasteiger partial charge in [0.05, 0.1) is 0 Å². The number of unbranched alkanes of at least 4 members (excludes halogenated alkanes) is 2. The minimum absolute atomic E-state index is 0.131. The number of halogens is 13. The Morgan fingerprint density at radius 1 is 0.533 bits per heavy atom. The Morgan fingerprint density at radius 2 is 0.933 bits per heavy atom. The Morgan fingerprint density at radius 3 is 1.27 bits per heavy atom. The van der Waals surface area contributed by atoms with Crippen LogP contribution in [0.15, 0.2) is 0 Å². The Balaban J connectivity index is 6.08. The van der Waals surface area contributed by atoms with Crippen molar-refractivity contribution in [3.8, 4) is 0 Å². The topological polar surface area (TPSA) is 3.24 Å². The van der Waals surface area contributed by atoms with Crippen molar-refractivity contribution in [3.63, 3.8) is 0 Å². The van der Waals surface area contributed by atoms with E-state index in [0.29, 0.717) is 0 Å². The van der Waals surface area contributed by atoms with Crippen LogP contribution < -0.4 is 0 Å². The van der Waals surface area contributed by atoms with E-state index >= 15 is 0 Å². The first-order valence-electron chi connectivity index (χ1n) is 8.93. The van der Waals surface area contributed by atoms with Crippen LogP contribution in [-0.4, -0.2) is 53.9 Å². The van der Waals surface area contributed by atoms with Gasteiger partial charge < -0.3 is 0 Å². The van der Waals surface area contributed by atoms with E-state index < -0.39 is 66.7 Å². The zero-order valence-corrected chi connectivity index (χ0v) is 16.0. The third-order valence-electron chi connectivity index (χ3n) is 4.31. The zero-order chi connectivity index (χ0) is 24.2. The highest BCUT2D eigenvalue weighted by Gasteiger charge is 2.86. The molecule has 0 aliphatic rings.